The predicted octanol–water partition coefficient (Wildman–Crippen LogP) is 4.46. The third-order valence-electron chi connectivity index (χ3n) is 4.43. The Bertz CT molecular complexity index is 445. The van der Waals surface area contributed by atoms with Gasteiger partial charge in [-0.25, -0.2) is 0 Å². The standard InChI is InChI=1S/C17H27ClN2/c1-12(2)19-11-15-10-16(18)7-8-17(15)20-9-5-6-13(3)14(20)4/h7-8,10,12-14,19H,5-6,9,11H2,1-4H3. The minimum atomic E-state index is 0.486. The van der Waals surface area contributed by atoms with Crippen LogP contribution in [0.2, 0.25) is 5.02 Å². The van der Waals surface area contributed by atoms with Crippen LogP contribution in [0.15, 0.2) is 18.2 Å². The van der Waals surface area contributed by atoms with Crippen molar-refractivity contribution in [2.45, 2.75) is 59.2 Å². The molecular formula is C17H27ClN2. The van der Waals surface area contributed by atoms with Crippen LogP contribution >= 0.6 is 11.6 Å². The monoisotopic (exact) mass is 294 g/mol. The average molecular weight is 295 g/mol. The Balaban J connectivity index is 2.25. The van der Waals surface area contributed by atoms with E-state index in [0.29, 0.717) is 12.1 Å². The highest BCUT2D eigenvalue weighted by Crippen LogP contribution is 2.32. The molecule has 2 unspecified atom stereocenters. The fourth-order valence-electron chi connectivity index (χ4n) is 2.97. The predicted molar refractivity (Wildman–Crippen MR) is 88.6 cm³/mol. The molecule has 0 radical (unpaired) electrons. The van der Waals surface area contributed by atoms with Crippen molar-refractivity contribution >= 4 is 17.3 Å². The summed E-state index contributed by atoms with van der Waals surface area (Å²) in [5, 5.41) is 4.34. The molecule has 0 aliphatic carbocycles. The van der Waals surface area contributed by atoms with Gasteiger partial charge in [0, 0.05) is 35.9 Å². The highest BCUT2D eigenvalue weighted by molar-refractivity contribution is 6.30. The van der Waals surface area contributed by atoms with Crippen LogP contribution in [0.25, 0.3) is 0 Å². The first-order valence-electron chi connectivity index (χ1n) is 7.77. The number of nitrogens with one attached hydrogen (secondary N) is 1. The Labute approximate surface area is 128 Å². The Kier molecular flexibility index (Phi) is 5.34. The molecule has 2 atom stereocenters. The SMILES string of the molecule is CC(C)NCc1cc(Cl)ccc1N1CCCC(C)C1C. The molecule has 112 valence electrons. The van der Waals surface area contributed by atoms with Crippen molar-refractivity contribution in [2.75, 3.05) is 11.4 Å². The van der Waals surface area contributed by atoms with Crippen molar-refractivity contribution in [3.8, 4) is 0 Å². The normalized spacial score (nSPS) is 23.4. The second-order valence-corrected chi connectivity index (χ2v) is 6.80. The third-order valence-corrected chi connectivity index (χ3v) is 4.66. The molecule has 20 heavy (non-hydrogen) atoms. The number of halogens is 1. The van der Waals surface area contributed by atoms with Crippen LogP contribution in [-0.2, 0) is 6.54 Å². The molecule has 1 fully saturated rings. The van der Waals surface area contributed by atoms with Gasteiger partial charge in [0.05, 0.1) is 0 Å². The van der Waals surface area contributed by atoms with Crippen molar-refractivity contribution in [2.24, 2.45) is 5.92 Å². The van der Waals surface area contributed by atoms with Crippen LogP contribution in [0, 0.1) is 5.92 Å². The van der Waals surface area contributed by atoms with E-state index < -0.39 is 0 Å². The summed E-state index contributed by atoms with van der Waals surface area (Å²) in [5.74, 6) is 0.755. The first-order valence-corrected chi connectivity index (χ1v) is 8.15. The summed E-state index contributed by atoms with van der Waals surface area (Å²) in [6.45, 7) is 11.1. The highest BCUT2D eigenvalue weighted by Gasteiger charge is 2.26. The first-order chi connectivity index (χ1) is 9.49. The Hall–Kier alpha value is -0.730. The van der Waals surface area contributed by atoms with E-state index in [9.17, 15) is 0 Å². The molecule has 0 saturated carbocycles. The lowest BCUT2D eigenvalue weighted by molar-refractivity contribution is 0.363. The third kappa shape index (κ3) is 3.67. The molecule has 1 saturated heterocycles. The van der Waals surface area contributed by atoms with Crippen molar-refractivity contribution < 1.29 is 0 Å². The van der Waals surface area contributed by atoms with E-state index in [1.54, 1.807) is 0 Å². The van der Waals surface area contributed by atoms with Crippen LogP contribution < -0.4 is 10.2 Å². The molecule has 1 N–H and O–H groups in total. The van der Waals surface area contributed by atoms with E-state index in [1.807, 2.05) is 6.07 Å². The van der Waals surface area contributed by atoms with Gasteiger partial charge in [-0.2, -0.15) is 0 Å². The van der Waals surface area contributed by atoms with E-state index in [-0.39, 0.29) is 0 Å². The maximum Gasteiger partial charge on any atom is 0.0415 e. The van der Waals surface area contributed by atoms with E-state index in [0.717, 1.165) is 24.0 Å². The van der Waals surface area contributed by atoms with Crippen LogP contribution in [0.4, 0.5) is 5.69 Å². The molecule has 1 aromatic carbocycles. The molecule has 3 heteroatoms. The molecule has 0 bridgehead atoms. The molecule has 0 aromatic heterocycles. The quantitative estimate of drug-likeness (QED) is 0.882. The van der Waals surface area contributed by atoms with Gasteiger partial charge in [-0.1, -0.05) is 32.4 Å². The summed E-state index contributed by atoms with van der Waals surface area (Å²) in [4.78, 5) is 2.56. The largest absolute Gasteiger partial charge is 0.368 e. The van der Waals surface area contributed by atoms with Gasteiger partial charge in [0.2, 0.25) is 0 Å². The molecule has 0 spiro atoms. The molecule has 2 rings (SSSR count). The first kappa shape index (κ1) is 15.7. The average Bonchev–Trinajstić information content (AvgIpc) is 2.40. The lowest BCUT2D eigenvalue weighted by atomic mass is 9.91. The van der Waals surface area contributed by atoms with Gasteiger partial charge in [0.25, 0.3) is 0 Å². The van der Waals surface area contributed by atoms with Crippen LogP contribution in [0.1, 0.15) is 46.1 Å². The van der Waals surface area contributed by atoms with Gasteiger partial charge in [0.1, 0.15) is 0 Å². The smallest absolute Gasteiger partial charge is 0.0415 e. The van der Waals surface area contributed by atoms with Crippen LogP contribution in [-0.4, -0.2) is 18.6 Å². The van der Waals surface area contributed by atoms with E-state index in [2.05, 4.69) is 50.0 Å². The van der Waals surface area contributed by atoms with Crippen LogP contribution in [0.5, 0.6) is 0 Å². The minimum Gasteiger partial charge on any atom is -0.368 e. The van der Waals surface area contributed by atoms with E-state index in [1.165, 1.54) is 24.1 Å². The topological polar surface area (TPSA) is 15.3 Å². The lowest BCUT2D eigenvalue weighted by Crippen LogP contribution is -2.43. The molecule has 1 heterocycles. The molecule has 0 amide bonds. The summed E-state index contributed by atoms with van der Waals surface area (Å²) in [7, 11) is 0. The van der Waals surface area contributed by atoms with E-state index >= 15 is 0 Å². The van der Waals surface area contributed by atoms with Crippen molar-refractivity contribution in [3.05, 3.63) is 28.8 Å². The lowest BCUT2D eigenvalue weighted by Gasteiger charge is -2.40. The maximum absolute atomic E-state index is 6.19. The number of piperidine rings is 1. The van der Waals surface area contributed by atoms with Gasteiger partial charge < -0.3 is 10.2 Å². The fourth-order valence-corrected chi connectivity index (χ4v) is 3.16. The molecule has 2 nitrogen and oxygen atoms in total. The van der Waals surface area contributed by atoms with Crippen molar-refractivity contribution in [1.29, 1.82) is 0 Å². The summed E-state index contributed by atoms with van der Waals surface area (Å²) in [6.07, 6.45) is 2.62. The van der Waals surface area contributed by atoms with Crippen molar-refractivity contribution in [1.82, 2.24) is 5.32 Å². The molecule has 1 aliphatic heterocycles. The summed E-state index contributed by atoms with van der Waals surface area (Å²) < 4.78 is 0. The zero-order valence-corrected chi connectivity index (χ0v) is 13.9. The number of anilines is 1. The maximum atomic E-state index is 6.19. The number of benzene rings is 1. The molecule has 1 aliphatic rings. The number of rotatable bonds is 4. The van der Waals surface area contributed by atoms with Crippen LogP contribution in [0.3, 0.4) is 0 Å². The summed E-state index contributed by atoms with van der Waals surface area (Å²) in [6, 6.07) is 7.40. The Morgan fingerprint density at radius 1 is 1.35 bits per heavy atom. The van der Waals surface area contributed by atoms with Gasteiger partial charge >= 0.3 is 0 Å². The van der Waals surface area contributed by atoms with Gasteiger partial charge in [-0.15, -0.1) is 0 Å². The summed E-state index contributed by atoms with van der Waals surface area (Å²) >= 11 is 6.19. The Morgan fingerprint density at radius 2 is 2.10 bits per heavy atom. The zero-order chi connectivity index (χ0) is 14.7. The molecular weight excluding hydrogens is 268 g/mol. The van der Waals surface area contributed by atoms with Gasteiger partial charge in [0.15, 0.2) is 0 Å². The summed E-state index contributed by atoms with van der Waals surface area (Å²) in [5.41, 5.74) is 2.66. The minimum absolute atomic E-state index is 0.486. The zero-order valence-electron chi connectivity index (χ0n) is 13.1. The van der Waals surface area contributed by atoms with Gasteiger partial charge in [-0.05, 0) is 49.4 Å². The second-order valence-electron chi connectivity index (χ2n) is 6.36. The number of nitrogens with zero attached hydrogens (tertiary/aromatic N) is 1. The highest BCUT2D eigenvalue weighted by atomic mass is 35.5. The van der Waals surface area contributed by atoms with Crippen molar-refractivity contribution in [3.63, 3.8) is 0 Å². The Morgan fingerprint density at radius 3 is 2.80 bits per heavy atom. The fraction of sp³-hybridized carbons (Fsp3) is 0.647. The number of hydrogen-bond acceptors (Lipinski definition) is 2. The number of hydrogen-bond donors (Lipinski definition) is 1. The molecule has 1 aromatic rings. The van der Waals surface area contributed by atoms with Gasteiger partial charge in [-0.3, -0.25) is 0 Å². The second kappa shape index (κ2) is 6.82. The van der Waals surface area contributed by atoms with E-state index in [4.69, 9.17) is 11.6 Å².